The number of ether oxygens (including phenoxy) is 1. The van der Waals surface area contributed by atoms with Gasteiger partial charge >= 0.3 is 5.97 Å². The average Bonchev–Trinajstić information content (AvgIpc) is 2.97. The van der Waals surface area contributed by atoms with E-state index in [0.29, 0.717) is 5.58 Å². The molecule has 0 saturated heterocycles. The van der Waals surface area contributed by atoms with Crippen LogP contribution >= 0.6 is 0 Å². The Morgan fingerprint density at radius 3 is 2.70 bits per heavy atom. The number of benzene rings is 2. The lowest BCUT2D eigenvalue weighted by Crippen LogP contribution is -2.20. The third kappa shape index (κ3) is 3.55. The summed E-state index contributed by atoms with van der Waals surface area (Å²) in [7, 11) is 0. The number of esters is 1. The van der Waals surface area contributed by atoms with Crippen LogP contribution in [-0.2, 0) is 9.53 Å². The molecule has 0 atom stereocenters. The lowest BCUT2D eigenvalue weighted by atomic mass is 10.2. The Bertz CT molecular complexity index is 839. The summed E-state index contributed by atoms with van der Waals surface area (Å²) in [6, 6.07) is 14.1. The van der Waals surface area contributed by atoms with Gasteiger partial charge in [-0.2, -0.15) is 0 Å². The van der Waals surface area contributed by atoms with Gasteiger partial charge in [0, 0.05) is 11.1 Å². The highest BCUT2D eigenvalue weighted by Crippen LogP contribution is 2.19. The molecule has 0 saturated carbocycles. The third-order valence-corrected chi connectivity index (χ3v) is 3.07. The Balaban J connectivity index is 1.59. The van der Waals surface area contributed by atoms with Crippen molar-refractivity contribution in [3.8, 4) is 0 Å². The molecule has 0 aliphatic rings. The van der Waals surface area contributed by atoms with Crippen LogP contribution in [0, 0.1) is 5.82 Å². The van der Waals surface area contributed by atoms with Crippen molar-refractivity contribution in [2.24, 2.45) is 0 Å². The highest BCUT2D eigenvalue weighted by Gasteiger charge is 2.15. The highest BCUT2D eigenvalue weighted by atomic mass is 19.1. The zero-order chi connectivity index (χ0) is 16.2. The van der Waals surface area contributed by atoms with Crippen LogP contribution in [0.5, 0.6) is 0 Å². The van der Waals surface area contributed by atoms with E-state index in [-0.39, 0.29) is 11.4 Å². The van der Waals surface area contributed by atoms with Gasteiger partial charge in [-0.3, -0.25) is 4.79 Å². The summed E-state index contributed by atoms with van der Waals surface area (Å²) >= 11 is 0. The van der Waals surface area contributed by atoms with Crippen molar-refractivity contribution in [1.29, 1.82) is 0 Å². The maximum Gasteiger partial charge on any atom is 0.374 e. The minimum absolute atomic E-state index is 0.0183. The Morgan fingerprint density at radius 1 is 1.09 bits per heavy atom. The smallest absolute Gasteiger partial charge is 0.374 e. The second-order valence-electron chi connectivity index (χ2n) is 4.78. The number of hydrogen-bond acceptors (Lipinski definition) is 4. The van der Waals surface area contributed by atoms with Gasteiger partial charge in [0.1, 0.15) is 11.4 Å². The summed E-state index contributed by atoms with van der Waals surface area (Å²) in [5.41, 5.74) is 0.846. The largest absolute Gasteiger partial charge is 0.450 e. The van der Waals surface area contributed by atoms with Crippen LogP contribution in [0.2, 0.25) is 0 Å². The molecule has 23 heavy (non-hydrogen) atoms. The molecular weight excluding hydrogens is 301 g/mol. The summed E-state index contributed by atoms with van der Waals surface area (Å²) in [5.74, 6) is -1.76. The summed E-state index contributed by atoms with van der Waals surface area (Å²) in [6.45, 7) is -0.494. The molecule has 0 aliphatic carbocycles. The first kappa shape index (κ1) is 14.8. The summed E-state index contributed by atoms with van der Waals surface area (Å²) in [5, 5.41) is 3.20. The first-order valence-corrected chi connectivity index (χ1v) is 6.83. The van der Waals surface area contributed by atoms with E-state index in [0.717, 1.165) is 5.39 Å². The van der Waals surface area contributed by atoms with Crippen LogP contribution in [0.1, 0.15) is 10.6 Å². The van der Waals surface area contributed by atoms with Gasteiger partial charge in [-0.15, -0.1) is 0 Å². The number of amides is 1. The molecule has 1 N–H and O–H groups in total. The van der Waals surface area contributed by atoms with E-state index in [1.54, 1.807) is 24.3 Å². The number of carbonyl (C=O) groups is 2. The van der Waals surface area contributed by atoms with Crippen LogP contribution in [-0.4, -0.2) is 18.5 Å². The van der Waals surface area contributed by atoms with Crippen molar-refractivity contribution in [2.45, 2.75) is 0 Å². The molecule has 3 aromatic rings. The molecule has 2 aromatic carbocycles. The number of fused-ring (bicyclic) bond motifs is 1. The number of hydrogen-bond donors (Lipinski definition) is 1. The number of rotatable bonds is 4. The van der Waals surface area contributed by atoms with Crippen molar-refractivity contribution in [2.75, 3.05) is 11.9 Å². The van der Waals surface area contributed by atoms with Gasteiger partial charge < -0.3 is 14.5 Å². The predicted octanol–water partition coefficient (Wildman–Crippen LogP) is 3.37. The first-order chi connectivity index (χ1) is 11.1. The molecule has 6 heteroatoms. The number of halogens is 1. The maximum atomic E-state index is 13.0. The summed E-state index contributed by atoms with van der Waals surface area (Å²) < 4.78 is 23.2. The van der Waals surface area contributed by atoms with Crippen LogP contribution in [0.3, 0.4) is 0 Å². The van der Waals surface area contributed by atoms with Crippen LogP contribution in [0.15, 0.2) is 59.0 Å². The SMILES string of the molecule is O=C(COC(=O)c1cc2ccccc2o1)Nc1cccc(F)c1. The third-order valence-electron chi connectivity index (χ3n) is 3.07. The van der Waals surface area contributed by atoms with Gasteiger partial charge in [-0.05, 0) is 30.3 Å². The van der Waals surface area contributed by atoms with Gasteiger partial charge in [-0.1, -0.05) is 24.3 Å². The minimum atomic E-state index is -0.740. The Labute approximate surface area is 130 Å². The van der Waals surface area contributed by atoms with Gasteiger partial charge in [0.15, 0.2) is 6.61 Å². The lowest BCUT2D eigenvalue weighted by Gasteiger charge is -2.05. The molecule has 3 rings (SSSR count). The molecule has 1 amide bonds. The van der Waals surface area contributed by atoms with Crippen LogP contribution in [0.4, 0.5) is 10.1 Å². The van der Waals surface area contributed by atoms with Crippen molar-refractivity contribution in [3.05, 3.63) is 66.2 Å². The zero-order valence-corrected chi connectivity index (χ0v) is 11.9. The number of nitrogens with one attached hydrogen (secondary N) is 1. The normalized spacial score (nSPS) is 10.5. The highest BCUT2D eigenvalue weighted by molar-refractivity contribution is 5.96. The van der Waals surface area contributed by atoms with E-state index in [1.807, 2.05) is 6.07 Å². The molecule has 116 valence electrons. The molecule has 0 fully saturated rings. The molecule has 1 aromatic heterocycles. The van der Waals surface area contributed by atoms with Gasteiger partial charge in [0.25, 0.3) is 5.91 Å². The van der Waals surface area contributed by atoms with Gasteiger partial charge in [-0.25, -0.2) is 9.18 Å². The molecule has 0 unspecified atom stereocenters. The lowest BCUT2D eigenvalue weighted by molar-refractivity contribution is -0.119. The van der Waals surface area contributed by atoms with Crippen molar-refractivity contribution in [1.82, 2.24) is 0 Å². The predicted molar refractivity (Wildman–Crippen MR) is 81.5 cm³/mol. The fourth-order valence-corrected chi connectivity index (χ4v) is 2.05. The fraction of sp³-hybridized carbons (Fsp3) is 0.0588. The van der Waals surface area contributed by atoms with E-state index >= 15 is 0 Å². The summed E-state index contributed by atoms with van der Waals surface area (Å²) in [4.78, 5) is 23.6. The molecule has 0 radical (unpaired) electrons. The van der Waals surface area contributed by atoms with E-state index < -0.39 is 24.3 Å². The second-order valence-corrected chi connectivity index (χ2v) is 4.78. The second kappa shape index (κ2) is 6.31. The average molecular weight is 313 g/mol. The van der Waals surface area contributed by atoms with Gasteiger partial charge in [0.05, 0.1) is 0 Å². The number of carbonyl (C=O) groups excluding carboxylic acids is 2. The standard InChI is InChI=1S/C17H12FNO4/c18-12-5-3-6-13(9-12)19-16(20)10-22-17(21)15-8-11-4-1-2-7-14(11)23-15/h1-9H,10H2,(H,19,20). The van der Waals surface area contributed by atoms with Crippen LogP contribution in [0.25, 0.3) is 11.0 Å². The minimum Gasteiger partial charge on any atom is -0.450 e. The molecule has 0 spiro atoms. The first-order valence-electron chi connectivity index (χ1n) is 6.83. The van der Waals surface area contributed by atoms with Crippen molar-refractivity contribution < 1.29 is 23.1 Å². The zero-order valence-electron chi connectivity index (χ0n) is 11.9. The van der Waals surface area contributed by atoms with Crippen molar-refractivity contribution in [3.63, 3.8) is 0 Å². The molecule has 0 bridgehead atoms. The Kier molecular flexibility index (Phi) is 4.05. The molecule has 0 aliphatic heterocycles. The van der Waals surface area contributed by atoms with Crippen LogP contribution < -0.4 is 5.32 Å². The van der Waals surface area contributed by atoms with E-state index in [9.17, 15) is 14.0 Å². The Morgan fingerprint density at radius 2 is 1.91 bits per heavy atom. The van der Waals surface area contributed by atoms with E-state index in [4.69, 9.17) is 9.15 Å². The van der Waals surface area contributed by atoms with E-state index in [1.165, 1.54) is 24.3 Å². The monoisotopic (exact) mass is 313 g/mol. The molecular formula is C17H12FNO4. The van der Waals surface area contributed by atoms with Gasteiger partial charge in [0.2, 0.25) is 5.76 Å². The number of anilines is 1. The molecule has 1 heterocycles. The van der Waals surface area contributed by atoms with Crippen molar-refractivity contribution >= 4 is 28.5 Å². The number of furan rings is 1. The quantitative estimate of drug-likeness (QED) is 0.750. The topological polar surface area (TPSA) is 68.5 Å². The molecule has 5 nitrogen and oxygen atoms in total. The van der Waals surface area contributed by atoms with E-state index in [2.05, 4.69) is 5.32 Å². The fourth-order valence-electron chi connectivity index (χ4n) is 2.05. The number of para-hydroxylation sites is 1. The Hall–Kier alpha value is -3.15. The maximum absolute atomic E-state index is 13.0. The summed E-state index contributed by atoms with van der Waals surface area (Å²) in [6.07, 6.45) is 0.